The summed E-state index contributed by atoms with van der Waals surface area (Å²) in [5.74, 6) is 0. The molecule has 6 heteroatoms. The predicted molar refractivity (Wildman–Crippen MR) is 71.3 cm³/mol. The van der Waals surface area contributed by atoms with Gasteiger partial charge in [-0.2, -0.15) is 0 Å². The maximum Gasteiger partial charge on any atom is 0.329 e. The number of rotatable bonds is 3. The highest BCUT2D eigenvalue weighted by atomic mass is 35.5. The first kappa shape index (κ1) is 13.4. The molecule has 1 unspecified atom stereocenters. The summed E-state index contributed by atoms with van der Waals surface area (Å²) in [5.41, 5.74) is -0.773. The number of aromatic nitrogens is 2. The molecule has 0 aliphatic carbocycles. The summed E-state index contributed by atoms with van der Waals surface area (Å²) in [7, 11) is 0. The molecule has 1 aromatic heterocycles. The smallest absolute Gasteiger partial charge is 0.301 e. The molecule has 0 radical (unpaired) electrons. The number of H-pyrrole nitrogens is 1. The van der Waals surface area contributed by atoms with E-state index in [1.54, 1.807) is 0 Å². The summed E-state index contributed by atoms with van der Waals surface area (Å²) in [6.07, 6.45) is 3.66. The highest BCUT2D eigenvalue weighted by Crippen LogP contribution is 2.12. The molecule has 1 saturated heterocycles. The van der Waals surface area contributed by atoms with Gasteiger partial charge >= 0.3 is 5.69 Å². The Kier molecular flexibility index (Phi) is 4.24. The number of piperidine rings is 1. The molecule has 2 rings (SSSR count). The van der Waals surface area contributed by atoms with E-state index < -0.39 is 5.69 Å². The lowest BCUT2D eigenvalue weighted by Gasteiger charge is -2.29. The molecule has 1 N–H and O–H groups in total. The van der Waals surface area contributed by atoms with Gasteiger partial charge in [0.1, 0.15) is 5.15 Å². The second-order valence-electron chi connectivity index (χ2n) is 4.84. The minimum atomic E-state index is -0.433. The van der Waals surface area contributed by atoms with Crippen molar-refractivity contribution in [1.82, 2.24) is 14.5 Å². The van der Waals surface area contributed by atoms with Crippen LogP contribution in [0.1, 0.15) is 32.2 Å². The van der Waals surface area contributed by atoms with Crippen molar-refractivity contribution in [3.63, 3.8) is 0 Å². The van der Waals surface area contributed by atoms with E-state index in [4.69, 9.17) is 11.6 Å². The largest absolute Gasteiger partial charge is 0.329 e. The van der Waals surface area contributed by atoms with Crippen molar-refractivity contribution >= 4 is 11.6 Å². The lowest BCUT2D eigenvalue weighted by molar-refractivity contribution is 0.199. The molecule has 0 bridgehead atoms. The van der Waals surface area contributed by atoms with E-state index in [9.17, 15) is 9.59 Å². The van der Waals surface area contributed by atoms with Crippen LogP contribution in [0.4, 0.5) is 0 Å². The third-order valence-electron chi connectivity index (χ3n) is 3.34. The van der Waals surface area contributed by atoms with E-state index in [1.165, 1.54) is 29.9 Å². The summed E-state index contributed by atoms with van der Waals surface area (Å²) in [6.45, 7) is 4.71. The maximum absolute atomic E-state index is 11.8. The van der Waals surface area contributed by atoms with Crippen molar-refractivity contribution in [2.24, 2.45) is 0 Å². The topological polar surface area (TPSA) is 58.1 Å². The molecule has 100 valence electrons. The van der Waals surface area contributed by atoms with Gasteiger partial charge in [0.15, 0.2) is 0 Å². The molecular weight excluding hydrogens is 254 g/mol. The van der Waals surface area contributed by atoms with Crippen LogP contribution < -0.4 is 11.2 Å². The standard InChI is InChI=1S/C12H18ClN3O2/c1-9(8-15-5-3-2-4-6-15)16-11(17)7-10(13)14-12(16)18/h7,9H,2-6,8H2,1H3,(H,14,18). The monoisotopic (exact) mass is 271 g/mol. The van der Waals surface area contributed by atoms with Gasteiger partial charge in [0.25, 0.3) is 5.56 Å². The minimum Gasteiger partial charge on any atom is -0.301 e. The Morgan fingerprint density at radius 2 is 2.00 bits per heavy atom. The molecule has 0 saturated carbocycles. The molecule has 0 spiro atoms. The highest BCUT2D eigenvalue weighted by Gasteiger charge is 2.17. The number of hydrogen-bond donors (Lipinski definition) is 1. The average Bonchev–Trinajstić information content (AvgIpc) is 2.28. The number of likely N-dealkylation sites (tertiary alicyclic amines) is 1. The Balaban J connectivity index is 2.15. The lowest BCUT2D eigenvalue weighted by atomic mass is 10.1. The van der Waals surface area contributed by atoms with Crippen molar-refractivity contribution in [2.45, 2.75) is 32.2 Å². The van der Waals surface area contributed by atoms with Gasteiger partial charge in [0.05, 0.1) is 6.04 Å². The summed E-state index contributed by atoms with van der Waals surface area (Å²) in [4.78, 5) is 28.3. The Morgan fingerprint density at radius 3 is 2.61 bits per heavy atom. The van der Waals surface area contributed by atoms with Gasteiger partial charge in [0.2, 0.25) is 0 Å². The molecule has 1 aliphatic rings. The van der Waals surface area contributed by atoms with Crippen LogP contribution in [0.5, 0.6) is 0 Å². The zero-order chi connectivity index (χ0) is 13.1. The molecule has 1 atom stereocenters. The normalized spacial score (nSPS) is 18.8. The van der Waals surface area contributed by atoms with Crippen LogP contribution in [0.25, 0.3) is 0 Å². The molecule has 0 aromatic carbocycles. The van der Waals surface area contributed by atoms with Gasteiger partial charge in [-0.1, -0.05) is 18.0 Å². The van der Waals surface area contributed by atoms with Crippen LogP contribution in [-0.4, -0.2) is 34.1 Å². The zero-order valence-electron chi connectivity index (χ0n) is 10.5. The number of aromatic amines is 1. The van der Waals surface area contributed by atoms with Gasteiger partial charge in [-0.25, -0.2) is 4.79 Å². The van der Waals surface area contributed by atoms with Crippen LogP contribution in [-0.2, 0) is 0 Å². The molecule has 18 heavy (non-hydrogen) atoms. The van der Waals surface area contributed by atoms with E-state index >= 15 is 0 Å². The second kappa shape index (κ2) is 5.71. The molecule has 1 aliphatic heterocycles. The fraction of sp³-hybridized carbons (Fsp3) is 0.667. The number of nitrogens with one attached hydrogen (secondary N) is 1. The van der Waals surface area contributed by atoms with Gasteiger partial charge in [0, 0.05) is 12.6 Å². The van der Waals surface area contributed by atoms with Gasteiger partial charge in [-0.15, -0.1) is 0 Å². The average molecular weight is 272 g/mol. The van der Waals surface area contributed by atoms with Crippen LogP contribution in [0.2, 0.25) is 5.15 Å². The summed E-state index contributed by atoms with van der Waals surface area (Å²) < 4.78 is 1.24. The molecule has 5 nitrogen and oxygen atoms in total. The van der Waals surface area contributed by atoms with Gasteiger partial charge < -0.3 is 4.90 Å². The second-order valence-corrected chi connectivity index (χ2v) is 5.25. The van der Waals surface area contributed by atoms with E-state index in [-0.39, 0.29) is 16.8 Å². The first-order valence-corrected chi connectivity index (χ1v) is 6.69. The van der Waals surface area contributed by atoms with Gasteiger partial charge in [-0.3, -0.25) is 14.3 Å². The third-order valence-corrected chi connectivity index (χ3v) is 3.55. The number of halogens is 1. The Bertz CT molecular complexity index is 486. The quantitative estimate of drug-likeness (QED) is 0.842. The maximum atomic E-state index is 11.8. The summed E-state index contributed by atoms with van der Waals surface area (Å²) in [6, 6.07) is 1.10. The Hall–Kier alpha value is -1.07. The molecule has 2 heterocycles. The first-order chi connectivity index (χ1) is 8.58. The SMILES string of the molecule is CC(CN1CCCCC1)n1c(=O)cc(Cl)[nH]c1=O. The molecule has 0 amide bonds. The summed E-state index contributed by atoms with van der Waals surface area (Å²) >= 11 is 5.64. The van der Waals surface area contributed by atoms with Crippen molar-refractivity contribution in [3.05, 3.63) is 32.1 Å². The van der Waals surface area contributed by atoms with Crippen LogP contribution >= 0.6 is 11.6 Å². The Morgan fingerprint density at radius 1 is 1.33 bits per heavy atom. The minimum absolute atomic E-state index is 0.0893. The lowest BCUT2D eigenvalue weighted by Crippen LogP contribution is -2.42. The van der Waals surface area contributed by atoms with E-state index in [0.29, 0.717) is 0 Å². The fourth-order valence-electron chi connectivity index (χ4n) is 2.49. The molecule has 1 aromatic rings. The van der Waals surface area contributed by atoms with Crippen molar-refractivity contribution in [2.75, 3.05) is 19.6 Å². The van der Waals surface area contributed by atoms with Crippen LogP contribution in [0.3, 0.4) is 0 Å². The van der Waals surface area contributed by atoms with Crippen molar-refractivity contribution in [1.29, 1.82) is 0 Å². The zero-order valence-corrected chi connectivity index (χ0v) is 11.2. The molecule has 1 fully saturated rings. The third kappa shape index (κ3) is 3.03. The molecular formula is C12H18ClN3O2. The van der Waals surface area contributed by atoms with Gasteiger partial charge in [-0.05, 0) is 32.9 Å². The highest BCUT2D eigenvalue weighted by molar-refractivity contribution is 6.29. The fourth-order valence-corrected chi connectivity index (χ4v) is 2.67. The van der Waals surface area contributed by atoms with E-state index in [0.717, 1.165) is 19.6 Å². The van der Waals surface area contributed by atoms with E-state index in [1.807, 2.05) is 6.92 Å². The van der Waals surface area contributed by atoms with Crippen molar-refractivity contribution < 1.29 is 0 Å². The van der Waals surface area contributed by atoms with Crippen LogP contribution in [0.15, 0.2) is 15.7 Å². The number of nitrogens with zero attached hydrogens (tertiary/aromatic N) is 2. The first-order valence-electron chi connectivity index (χ1n) is 6.31. The summed E-state index contributed by atoms with van der Waals surface area (Å²) in [5, 5.41) is 0.0893. The number of hydrogen-bond acceptors (Lipinski definition) is 3. The van der Waals surface area contributed by atoms with Crippen LogP contribution in [0, 0.1) is 0 Å². The van der Waals surface area contributed by atoms with Crippen molar-refractivity contribution in [3.8, 4) is 0 Å². The predicted octanol–water partition coefficient (Wildman–Crippen LogP) is 1.24. The van der Waals surface area contributed by atoms with E-state index in [2.05, 4.69) is 9.88 Å². The Labute approximate surface area is 110 Å².